The molecule has 0 amide bonds. The lowest BCUT2D eigenvalue weighted by Gasteiger charge is -2.07. The minimum Gasteiger partial charge on any atom is -0.468 e. The standard InChI is InChI=1S/C10H15NO2/c1-7(2)4-8-5-10(8,6-11)9(12)13-3/h7-8H,4-5H2,1-3H3. The summed E-state index contributed by atoms with van der Waals surface area (Å²) in [6, 6.07) is 2.08. The number of rotatable bonds is 3. The fourth-order valence-electron chi connectivity index (χ4n) is 1.80. The maximum absolute atomic E-state index is 11.3. The molecule has 0 aromatic heterocycles. The van der Waals surface area contributed by atoms with Crippen LogP contribution in [0.4, 0.5) is 0 Å². The topological polar surface area (TPSA) is 50.1 Å². The Bertz CT molecular complexity index is 254. The van der Waals surface area contributed by atoms with E-state index in [1.807, 2.05) is 0 Å². The number of hydrogen-bond acceptors (Lipinski definition) is 3. The Balaban J connectivity index is 2.60. The highest BCUT2D eigenvalue weighted by atomic mass is 16.5. The van der Waals surface area contributed by atoms with E-state index in [0.29, 0.717) is 12.3 Å². The van der Waals surface area contributed by atoms with Crippen molar-refractivity contribution in [2.45, 2.75) is 26.7 Å². The molecule has 0 heterocycles. The molecule has 1 rings (SSSR count). The number of ether oxygens (including phenoxy) is 1. The summed E-state index contributed by atoms with van der Waals surface area (Å²) >= 11 is 0. The van der Waals surface area contributed by atoms with Crippen molar-refractivity contribution in [3.8, 4) is 6.07 Å². The molecular weight excluding hydrogens is 166 g/mol. The highest BCUT2D eigenvalue weighted by Gasteiger charge is 2.61. The van der Waals surface area contributed by atoms with Gasteiger partial charge in [0.25, 0.3) is 0 Å². The molecular formula is C10H15NO2. The molecule has 1 aliphatic rings. The van der Waals surface area contributed by atoms with Crippen LogP contribution >= 0.6 is 0 Å². The van der Waals surface area contributed by atoms with Crippen LogP contribution in [0.15, 0.2) is 0 Å². The van der Waals surface area contributed by atoms with Crippen molar-refractivity contribution in [2.75, 3.05) is 7.11 Å². The maximum Gasteiger partial charge on any atom is 0.326 e. The molecule has 1 aliphatic carbocycles. The van der Waals surface area contributed by atoms with E-state index < -0.39 is 5.41 Å². The molecule has 2 atom stereocenters. The van der Waals surface area contributed by atoms with Gasteiger partial charge in [-0.2, -0.15) is 5.26 Å². The summed E-state index contributed by atoms with van der Waals surface area (Å²) in [5.74, 6) is 0.385. The second-order valence-corrected chi connectivity index (χ2v) is 4.11. The van der Waals surface area contributed by atoms with Crippen molar-refractivity contribution in [2.24, 2.45) is 17.3 Å². The Kier molecular flexibility index (Phi) is 2.60. The second kappa shape index (κ2) is 3.37. The van der Waals surface area contributed by atoms with E-state index in [9.17, 15) is 4.79 Å². The van der Waals surface area contributed by atoms with E-state index in [4.69, 9.17) is 5.26 Å². The molecule has 2 unspecified atom stereocenters. The van der Waals surface area contributed by atoms with Crippen LogP contribution < -0.4 is 0 Å². The number of nitriles is 1. The lowest BCUT2D eigenvalue weighted by atomic mass is 9.99. The maximum atomic E-state index is 11.3. The SMILES string of the molecule is COC(=O)C1(C#N)CC1CC(C)C. The monoisotopic (exact) mass is 181 g/mol. The number of nitrogens with zero attached hydrogens (tertiary/aromatic N) is 1. The van der Waals surface area contributed by atoms with Gasteiger partial charge < -0.3 is 4.74 Å². The molecule has 1 fully saturated rings. The van der Waals surface area contributed by atoms with Crippen molar-refractivity contribution in [1.29, 1.82) is 5.26 Å². The number of carbonyl (C=O) groups is 1. The average molecular weight is 181 g/mol. The van der Waals surface area contributed by atoms with Crippen LogP contribution in [0.3, 0.4) is 0 Å². The molecule has 0 N–H and O–H groups in total. The van der Waals surface area contributed by atoms with E-state index in [2.05, 4.69) is 24.7 Å². The van der Waals surface area contributed by atoms with Crippen LogP contribution in [0.1, 0.15) is 26.7 Å². The summed E-state index contributed by atoms with van der Waals surface area (Å²) in [6.45, 7) is 4.19. The third-order valence-corrected chi connectivity index (χ3v) is 2.61. The van der Waals surface area contributed by atoms with Crippen LogP contribution in [-0.2, 0) is 9.53 Å². The lowest BCUT2D eigenvalue weighted by Crippen LogP contribution is -2.18. The van der Waals surface area contributed by atoms with Gasteiger partial charge in [0.2, 0.25) is 0 Å². The number of methoxy groups -OCH3 is 1. The molecule has 72 valence electrons. The predicted octanol–water partition coefficient (Wildman–Crippen LogP) is 1.74. The minimum absolute atomic E-state index is 0.213. The number of esters is 1. The average Bonchev–Trinajstić information content (AvgIpc) is 2.77. The molecule has 3 heteroatoms. The quantitative estimate of drug-likeness (QED) is 0.623. The van der Waals surface area contributed by atoms with Crippen molar-refractivity contribution < 1.29 is 9.53 Å². The number of hydrogen-bond donors (Lipinski definition) is 0. The molecule has 0 aliphatic heterocycles. The molecule has 1 saturated carbocycles. The summed E-state index contributed by atoms with van der Waals surface area (Å²) in [5.41, 5.74) is -0.807. The van der Waals surface area contributed by atoms with Gasteiger partial charge in [0.15, 0.2) is 5.41 Å². The Morgan fingerprint density at radius 2 is 2.38 bits per heavy atom. The van der Waals surface area contributed by atoms with Gasteiger partial charge in [-0.25, -0.2) is 0 Å². The van der Waals surface area contributed by atoms with Crippen molar-refractivity contribution in [3.63, 3.8) is 0 Å². The van der Waals surface area contributed by atoms with E-state index in [1.165, 1.54) is 7.11 Å². The molecule has 13 heavy (non-hydrogen) atoms. The summed E-state index contributed by atoms with van der Waals surface area (Å²) in [5, 5.41) is 8.89. The zero-order valence-corrected chi connectivity index (χ0v) is 8.33. The molecule has 0 saturated heterocycles. The smallest absolute Gasteiger partial charge is 0.326 e. The molecule has 0 aromatic rings. The van der Waals surface area contributed by atoms with Crippen LogP contribution in [-0.4, -0.2) is 13.1 Å². The Hall–Kier alpha value is -1.04. The van der Waals surface area contributed by atoms with Gasteiger partial charge in [0.1, 0.15) is 0 Å². The highest BCUT2D eigenvalue weighted by molar-refractivity contribution is 5.83. The first-order valence-electron chi connectivity index (χ1n) is 4.56. The van der Waals surface area contributed by atoms with E-state index in [1.54, 1.807) is 0 Å². The van der Waals surface area contributed by atoms with Gasteiger partial charge >= 0.3 is 5.97 Å². The van der Waals surface area contributed by atoms with Crippen molar-refractivity contribution in [1.82, 2.24) is 0 Å². The first-order chi connectivity index (χ1) is 6.06. The van der Waals surface area contributed by atoms with Crippen LogP contribution in [0.5, 0.6) is 0 Å². The first kappa shape index (κ1) is 10.0. The first-order valence-corrected chi connectivity index (χ1v) is 4.56. The van der Waals surface area contributed by atoms with E-state index in [0.717, 1.165) is 6.42 Å². The van der Waals surface area contributed by atoms with Gasteiger partial charge in [-0.05, 0) is 24.7 Å². The Morgan fingerprint density at radius 3 is 2.77 bits per heavy atom. The van der Waals surface area contributed by atoms with Gasteiger partial charge in [-0.1, -0.05) is 13.8 Å². The minimum atomic E-state index is -0.807. The van der Waals surface area contributed by atoms with E-state index in [-0.39, 0.29) is 11.9 Å². The van der Waals surface area contributed by atoms with E-state index >= 15 is 0 Å². The summed E-state index contributed by atoms with van der Waals surface area (Å²) < 4.78 is 4.62. The summed E-state index contributed by atoms with van der Waals surface area (Å²) in [6.07, 6.45) is 1.61. The fourth-order valence-corrected chi connectivity index (χ4v) is 1.80. The van der Waals surface area contributed by atoms with Crippen LogP contribution in [0.2, 0.25) is 0 Å². The van der Waals surface area contributed by atoms with Gasteiger partial charge in [-0.15, -0.1) is 0 Å². The van der Waals surface area contributed by atoms with Crippen LogP contribution in [0, 0.1) is 28.6 Å². The largest absolute Gasteiger partial charge is 0.468 e. The molecule has 0 bridgehead atoms. The van der Waals surface area contributed by atoms with Crippen LogP contribution in [0.25, 0.3) is 0 Å². The van der Waals surface area contributed by atoms with Gasteiger partial charge in [-0.3, -0.25) is 4.79 Å². The zero-order chi connectivity index (χ0) is 10.1. The van der Waals surface area contributed by atoms with Crippen molar-refractivity contribution in [3.05, 3.63) is 0 Å². The van der Waals surface area contributed by atoms with Crippen molar-refractivity contribution >= 4 is 5.97 Å². The third kappa shape index (κ3) is 1.67. The third-order valence-electron chi connectivity index (χ3n) is 2.61. The zero-order valence-electron chi connectivity index (χ0n) is 8.33. The molecule has 0 radical (unpaired) electrons. The second-order valence-electron chi connectivity index (χ2n) is 4.11. The molecule has 0 spiro atoms. The Morgan fingerprint density at radius 1 is 1.77 bits per heavy atom. The highest BCUT2D eigenvalue weighted by Crippen LogP contribution is 2.55. The Labute approximate surface area is 78.7 Å². The van der Waals surface area contributed by atoms with Gasteiger partial charge in [0, 0.05) is 0 Å². The predicted molar refractivity (Wildman–Crippen MR) is 47.6 cm³/mol. The lowest BCUT2D eigenvalue weighted by molar-refractivity contribution is -0.145. The van der Waals surface area contributed by atoms with Gasteiger partial charge in [0.05, 0.1) is 13.2 Å². The normalized spacial score (nSPS) is 31.2. The fraction of sp³-hybridized carbons (Fsp3) is 0.800. The summed E-state index contributed by atoms with van der Waals surface area (Å²) in [4.78, 5) is 11.3. The molecule has 3 nitrogen and oxygen atoms in total. The molecule has 0 aromatic carbocycles. The number of carbonyl (C=O) groups excluding carboxylic acids is 1. The summed E-state index contributed by atoms with van der Waals surface area (Å²) in [7, 11) is 1.34.